The molecule has 2 atom stereocenters. The Bertz CT molecular complexity index is 376. The number of benzene rings is 1. The topological polar surface area (TPSA) is 49.3 Å². The summed E-state index contributed by atoms with van der Waals surface area (Å²) < 4.78 is 0. The normalized spacial score (nSPS) is 14.3. The molecule has 0 aromatic heterocycles. The fraction of sp³-hybridized carbons (Fsp3) is 0.562. The minimum atomic E-state index is -0.727. The van der Waals surface area contributed by atoms with Crippen molar-refractivity contribution in [2.24, 2.45) is 11.8 Å². The first kappa shape index (κ1) is 15.7. The lowest BCUT2D eigenvalue weighted by molar-refractivity contribution is -0.142. The zero-order valence-electron chi connectivity index (χ0n) is 12.1. The predicted molar refractivity (Wildman–Crippen MR) is 77.9 cm³/mol. The lowest BCUT2D eigenvalue weighted by atomic mass is 9.94. The van der Waals surface area contributed by atoms with Crippen molar-refractivity contribution in [3.8, 4) is 0 Å². The van der Waals surface area contributed by atoms with Gasteiger partial charge in [-0.3, -0.25) is 4.79 Å². The van der Waals surface area contributed by atoms with E-state index in [1.807, 2.05) is 18.2 Å². The first-order chi connectivity index (χ1) is 9.00. The maximum atomic E-state index is 11.2. The molecule has 0 bridgehead atoms. The van der Waals surface area contributed by atoms with Gasteiger partial charge in [0.25, 0.3) is 0 Å². The molecule has 0 spiro atoms. The van der Waals surface area contributed by atoms with Crippen LogP contribution in [0.2, 0.25) is 0 Å². The maximum absolute atomic E-state index is 11.2. The minimum Gasteiger partial charge on any atom is -0.481 e. The average molecular weight is 263 g/mol. The van der Waals surface area contributed by atoms with Gasteiger partial charge >= 0.3 is 5.97 Å². The van der Waals surface area contributed by atoms with Gasteiger partial charge in [0, 0.05) is 12.6 Å². The molecule has 3 heteroatoms. The Morgan fingerprint density at radius 2 is 1.79 bits per heavy atom. The SMILES string of the molecule is CC(C)CCC(NCc1ccccc1)C(C)C(=O)O. The monoisotopic (exact) mass is 263 g/mol. The molecule has 2 N–H and O–H groups in total. The summed E-state index contributed by atoms with van der Waals surface area (Å²) in [6, 6.07) is 10.1. The fourth-order valence-electron chi connectivity index (χ4n) is 2.06. The van der Waals surface area contributed by atoms with Crippen molar-refractivity contribution in [3.05, 3.63) is 35.9 Å². The number of hydrogen-bond donors (Lipinski definition) is 2. The first-order valence-electron chi connectivity index (χ1n) is 7.00. The average Bonchev–Trinajstić information content (AvgIpc) is 2.39. The van der Waals surface area contributed by atoms with Crippen molar-refractivity contribution in [2.45, 2.75) is 46.2 Å². The van der Waals surface area contributed by atoms with Crippen LogP contribution in [0, 0.1) is 11.8 Å². The highest BCUT2D eigenvalue weighted by Crippen LogP contribution is 2.15. The van der Waals surface area contributed by atoms with Crippen LogP contribution >= 0.6 is 0 Å². The Morgan fingerprint density at radius 3 is 2.32 bits per heavy atom. The molecule has 0 aliphatic rings. The second-order valence-corrected chi connectivity index (χ2v) is 5.57. The summed E-state index contributed by atoms with van der Waals surface area (Å²) in [5.41, 5.74) is 1.19. The largest absolute Gasteiger partial charge is 0.481 e. The number of nitrogens with one attached hydrogen (secondary N) is 1. The third-order valence-electron chi connectivity index (χ3n) is 3.46. The van der Waals surface area contributed by atoms with E-state index in [0.717, 1.165) is 19.4 Å². The van der Waals surface area contributed by atoms with Crippen LogP contribution in [0.15, 0.2) is 30.3 Å². The summed E-state index contributed by atoms with van der Waals surface area (Å²) in [6.07, 6.45) is 1.95. The van der Waals surface area contributed by atoms with E-state index in [2.05, 4.69) is 31.3 Å². The van der Waals surface area contributed by atoms with Gasteiger partial charge in [-0.15, -0.1) is 0 Å². The highest BCUT2D eigenvalue weighted by Gasteiger charge is 2.23. The van der Waals surface area contributed by atoms with Crippen LogP contribution in [0.25, 0.3) is 0 Å². The molecule has 1 aromatic carbocycles. The van der Waals surface area contributed by atoms with Crippen LogP contribution < -0.4 is 5.32 Å². The van der Waals surface area contributed by atoms with Crippen LogP contribution in [0.3, 0.4) is 0 Å². The number of carboxylic acid groups (broad SMARTS) is 1. The van der Waals surface area contributed by atoms with Crippen LogP contribution in [0.5, 0.6) is 0 Å². The second kappa shape index (κ2) is 7.95. The van der Waals surface area contributed by atoms with Crippen LogP contribution in [-0.4, -0.2) is 17.1 Å². The lowest BCUT2D eigenvalue weighted by Crippen LogP contribution is -2.38. The summed E-state index contributed by atoms with van der Waals surface area (Å²) in [6.45, 7) is 6.84. The van der Waals surface area contributed by atoms with Crippen molar-refractivity contribution in [2.75, 3.05) is 0 Å². The maximum Gasteiger partial charge on any atom is 0.307 e. The van der Waals surface area contributed by atoms with Crippen molar-refractivity contribution < 1.29 is 9.90 Å². The van der Waals surface area contributed by atoms with Crippen LogP contribution in [0.4, 0.5) is 0 Å². The summed E-state index contributed by atoms with van der Waals surface area (Å²) in [7, 11) is 0. The number of rotatable bonds is 8. The molecule has 0 heterocycles. The Kier molecular flexibility index (Phi) is 6.57. The molecule has 0 aliphatic heterocycles. The van der Waals surface area contributed by atoms with Gasteiger partial charge in [-0.25, -0.2) is 0 Å². The standard InChI is InChI=1S/C16H25NO2/c1-12(2)9-10-15(13(3)16(18)19)17-11-14-7-5-4-6-8-14/h4-8,12-13,15,17H,9-11H2,1-3H3,(H,18,19). The lowest BCUT2D eigenvalue weighted by Gasteiger charge is -2.23. The van der Waals surface area contributed by atoms with Gasteiger partial charge < -0.3 is 10.4 Å². The Hall–Kier alpha value is -1.35. The fourth-order valence-corrected chi connectivity index (χ4v) is 2.06. The van der Waals surface area contributed by atoms with Gasteiger partial charge in [0.15, 0.2) is 0 Å². The smallest absolute Gasteiger partial charge is 0.307 e. The van der Waals surface area contributed by atoms with Crippen molar-refractivity contribution in [1.29, 1.82) is 0 Å². The number of hydrogen-bond acceptors (Lipinski definition) is 2. The van der Waals surface area contributed by atoms with Gasteiger partial charge in [0.2, 0.25) is 0 Å². The van der Waals surface area contributed by atoms with Gasteiger partial charge in [0.1, 0.15) is 0 Å². The van der Waals surface area contributed by atoms with Crippen LogP contribution in [-0.2, 0) is 11.3 Å². The van der Waals surface area contributed by atoms with Crippen molar-refractivity contribution >= 4 is 5.97 Å². The molecule has 0 radical (unpaired) electrons. The first-order valence-corrected chi connectivity index (χ1v) is 7.00. The quantitative estimate of drug-likeness (QED) is 0.756. The predicted octanol–water partition coefficient (Wildman–Crippen LogP) is 3.30. The Labute approximate surface area is 116 Å². The van der Waals surface area contributed by atoms with E-state index < -0.39 is 5.97 Å². The molecule has 0 amide bonds. The van der Waals surface area contributed by atoms with Crippen LogP contribution in [0.1, 0.15) is 39.2 Å². The van der Waals surface area contributed by atoms with E-state index in [1.54, 1.807) is 6.92 Å². The Balaban J connectivity index is 2.55. The van der Waals surface area contributed by atoms with Gasteiger partial charge in [-0.1, -0.05) is 51.1 Å². The van der Waals surface area contributed by atoms with Gasteiger partial charge in [-0.2, -0.15) is 0 Å². The van der Waals surface area contributed by atoms with Gasteiger partial charge in [-0.05, 0) is 24.3 Å². The van der Waals surface area contributed by atoms with Crippen molar-refractivity contribution in [3.63, 3.8) is 0 Å². The highest BCUT2D eigenvalue weighted by molar-refractivity contribution is 5.70. The third-order valence-corrected chi connectivity index (χ3v) is 3.46. The molecule has 0 saturated carbocycles. The summed E-state index contributed by atoms with van der Waals surface area (Å²) in [5, 5.41) is 12.6. The molecule has 2 unspecified atom stereocenters. The summed E-state index contributed by atoms with van der Waals surface area (Å²) in [5.74, 6) is -0.487. The van der Waals surface area contributed by atoms with E-state index in [-0.39, 0.29) is 12.0 Å². The Morgan fingerprint density at radius 1 is 1.16 bits per heavy atom. The zero-order valence-corrected chi connectivity index (χ0v) is 12.1. The van der Waals surface area contributed by atoms with Crippen molar-refractivity contribution in [1.82, 2.24) is 5.32 Å². The molecule has 1 aromatic rings. The second-order valence-electron chi connectivity index (χ2n) is 5.57. The van der Waals surface area contributed by atoms with E-state index in [9.17, 15) is 9.90 Å². The molecule has 0 aliphatic carbocycles. The van der Waals surface area contributed by atoms with E-state index >= 15 is 0 Å². The van der Waals surface area contributed by atoms with Gasteiger partial charge in [0.05, 0.1) is 5.92 Å². The molecular weight excluding hydrogens is 238 g/mol. The number of carboxylic acids is 1. The highest BCUT2D eigenvalue weighted by atomic mass is 16.4. The number of aliphatic carboxylic acids is 1. The number of carbonyl (C=O) groups is 1. The summed E-state index contributed by atoms with van der Waals surface area (Å²) >= 11 is 0. The molecule has 19 heavy (non-hydrogen) atoms. The zero-order chi connectivity index (χ0) is 14.3. The molecule has 0 fully saturated rings. The molecular formula is C16H25NO2. The van der Waals surface area contributed by atoms with E-state index in [1.165, 1.54) is 5.56 Å². The molecule has 0 saturated heterocycles. The molecule has 1 rings (SSSR count). The molecule has 3 nitrogen and oxygen atoms in total. The third kappa shape index (κ3) is 5.88. The molecule has 106 valence electrons. The minimum absolute atomic E-state index is 0.0279. The van der Waals surface area contributed by atoms with E-state index in [4.69, 9.17) is 0 Å². The summed E-state index contributed by atoms with van der Waals surface area (Å²) in [4.78, 5) is 11.2. The van der Waals surface area contributed by atoms with E-state index in [0.29, 0.717) is 5.92 Å².